The highest BCUT2D eigenvalue weighted by Crippen LogP contribution is 2.38. The molecule has 110 valence electrons. The first-order chi connectivity index (χ1) is 9.15. The molecule has 0 aromatic carbocycles. The zero-order valence-electron chi connectivity index (χ0n) is 12.7. The van der Waals surface area contributed by atoms with Gasteiger partial charge in [0.2, 0.25) is 0 Å². The lowest BCUT2D eigenvalue weighted by atomic mass is 9.87. The second kappa shape index (κ2) is 6.60. The molecule has 1 spiro atoms. The number of rotatable bonds is 4. The van der Waals surface area contributed by atoms with Crippen molar-refractivity contribution in [3.05, 3.63) is 0 Å². The van der Waals surface area contributed by atoms with Gasteiger partial charge in [-0.2, -0.15) is 0 Å². The summed E-state index contributed by atoms with van der Waals surface area (Å²) in [6.07, 6.45) is 4.97. The molecule has 1 atom stereocenters. The molecule has 2 fully saturated rings. The number of aliphatic imine (C=N–C) groups is 1. The van der Waals surface area contributed by atoms with E-state index in [0.29, 0.717) is 5.41 Å². The maximum atomic E-state index is 5.58. The van der Waals surface area contributed by atoms with Crippen LogP contribution in [-0.4, -0.2) is 50.8 Å². The van der Waals surface area contributed by atoms with Gasteiger partial charge < -0.3 is 15.0 Å². The molecular formula is C15H29N3O. The summed E-state index contributed by atoms with van der Waals surface area (Å²) in [7, 11) is 1.89. The lowest BCUT2D eigenvalue weighted by molar-refractivity contribution is 0.156. The molecule has 4 nitrogen and oxygen atoms in total. The third-order valence-electron chi connectivity index (χ3n) is 4.38. The van der Waals surface area contributed by atoms with Crippen LogP contribution in [0.15, 0.2) is 4.99 Å². The van der Waals surface area contributed by atoms with Crippen molar-refractivity contribution in [3.63, 3.8) is 0 Å². The second-order valence-electron chi connectivity index (χ2n) is 6.48. The summed E-state index contributed by atoms with van der Waals surface area (Å²) in [5.41, 5.74) is 0.412. The molecule has 2 aliphatic rings. The molecule has 0 saturated carbocycles. The van der Waals surface area contributed by atoms with Crippen LogP contribution in [0.4, 0.5) is 0 Å². The second-order valence-corrected chi connectivity index (χ2v) is 6.48. The average molecular weight is 267 g/mol. The van der Waals surface area contributed by atoms with Gasteiger partial charge in [0.25, 0.3) is 0 Å². The molecule has 0 amide bonds. The third kappa shape index (κ3) is 3.85. The van der Waals surface area contributed by atoms with Crippen LogP contribution in [-0.2, 0) is 4.74 Å². The minimum Gasteiger partial charge on any atom is -0.381 e. The molecule has 2 heterocycles. The molecule has 0 radical (unpaired) electrons. The van der Waals surface area contributed by atoms with E-state index in [-0.39, 0.29) is 0 Å². The Hall–Kier alpha value is -0.770. The van der Waals surface area contributed by atoms with Crippen molar-refractivity contribution in [1.82, 2.24) is 10.2 Å². The van der Waals surface area contributed by atoms with Crippen molar-refractivity contribution in [2.24, 2.45) is 16.3 Å². The van der Waals surface area contributed by atoms with Crippen LogP contribution in [0.2, 0.25) is 0 Å². The molecule has 0 aromatic heterocycles. The minimum atomic E-state index is 0.412. The number of likely N-dealkylation sites (tertiary alicyclic amines) is 1. The summed E-state index contributed by atoms with van der Waals surface area (Å²) in [5, 5.41) is 3.51. The summed E-state index contributed by atoms with van der Waals surface area (Å²) in [4.78, 5) is 6.84. The normalized spacial score (nSPS) is 27.8. The fourth-order valence-corrected chi connectivity index (χ4v) is 3.13. The molecule has 0 aliphatic carbocycles. The largest absolute Gasteiger partial charge is 0.381 e. The van der Waals surface area contributed by atoms with E-state index in [2.05, 4.69) is 29.1 Å². The Morgan fingerprint density at radius 3 is 2.89 bits per heavy atom. The van der Waals surface area contributed by atoms with Crippen molar-refractivity contribution < 1.29 is 4.74 Å². The zero-order chi connectivity index (χ0) is 13.7. The Bertz CT molecular complexity index is 309. The van der Waals surface area contributed by atoms with E-state index in [9.17, 15) is 0 Å². The van der Waals surface area contributed by atoms with Crippen molar-refractivity contribution in [3.8, 4) is 0 Å². The fourth-order valence-electron chi connectivity index (χ4n) is 3.13. The summed E-state index contributed by atoms with van der Waals surface area (Å²) in [6.45, 7) is 9.69. The van der Waals surface area contributed by atoms with E-state index in [0.717, 1.165) is 44.7 Å². The van der Waals surface area contributed by atoms with Crippen LogP contribution in [0, 0.1) is 11.3 Å². The van der Waals surface area contributed by atoms with Crippen molar-refractivity contribution in [2.45, 2.75) is 39.5 Å². The Labute approximate surface area is 117 Å². The molecule has 0 aromatic rings. The summed E-state index contributed by atoms with van der Waals surface area (Å²) in [5.74, 6) is 1.86. The van der Waals surface area contributed by atoms with E-state index in [1.54, 1.807) is 0 Å². The smallest absolute Gasteiger partial charge is 0.193 e. The molecule has 4 heteroatoms. The van der Waals surface area contributed by atoms with Crippen molar-refractivity contribution >= 4 is 5.96 Å². The molecule has 19 heavy (non-hydrogen) atoms. The number of nitrogens with zero attached hydrogens (tertiary/aromatic N) is 2. The van der Waals surface area contributed by atoms with Crippen LogP contribution in [0.25, 0.3) is 0 Å². The van der Waals surface area contributed by atoms with E-state index in [1.165, 1.54) is 25.7 Å². The minimum absolute atomic E-state index is 0.412. The number of hydrogen-bond donors (Lipinski definition) is 1. The molecular weight excluding hydrogens is 238 g/mol. The van der Waals surface area contributed by atoms with Gasteiger partial charge in [-0.05, 0) is 31.6 Å². The highest BCUT2D eigenvalue weighted by Gasteiger charge is 2.42. The first kappa shape index (κ1) is 14.6. The first-order valence-corrected chi connectivity index (χ1v) is 7.68. The van der Waals surface area contributed by atoms with Crippen LogP contribution in [0.5, 0.6) is 0 Å². The van der Waals surface area contributed by atoms with Crippen LogP contribution >= 0.6 is 0 Å². The van der Waals surface area contributed by atoms with E-state index in [4.69, 9.17) is 4.74 Å². The van der Waals surface area contributed by atoms with Gasteiger partial charge in [0.05, 0.1) is 6.61 Å². The molecule has 1 unspecified atom stereocenters. The van der Waals surface area contributed by atoms with Crippen molar-refractivity contribution in [1.29, 1.82) is 0 Å². The number of guanidine groups is 1. The van der Waals surface area contributed by atoms with Gasteiger partial charge in [-0.3, -0.25) is 4.99 Å². The Balaban J connectivity index is 1.76. The average Bonchev–Trinajstić information content (AvgIpc) is 3.00. The predicted molar refractivity (Wildman–Crippen MR) is 79.5 cm³/mol. The third-order valence-corrected chi connectivity index (χ3v) is 4.38. The maximum absolute atomic E-state index is 5.58. The van der Waals surface area contributed by atoms with Crippen molar-refractivity contribution in [2.75, 3.05) is 39.9 Å². The van der Waals surface area contributed by atoms with E-state index >= 15 is 0 Å². The molecule has 0 bridgehead atoms. The number of nitrogens with one attached hydrogen (secondary N) is 1. The van der Waals surface area contributed by atoms with E-state index in [1.807, 2.05) is 7.05 Å². The van der Waals surface area contributed by atoms with Gasteiger partial charge in [0.15, 0.2) is 5.96 Å². The predicted octanol–water partition coefficient (Wildman–Crippen LogP) is 2.11. The number of hydrogen-bond acceptors (Lipinski definition) is 2. The summed E-state index contributed by atoms with van der Waals surface area (Å²) in [6, 6.07) is 0. The van der Waals surface area contributed by atoms with Crippen LogP contribution in [0.1, 0.15) is 39.5 Å². The monoisotopic (exact) mass is 267 g/mol. The van der Waals surface area contributed by atoms with Gasteiger partial charge >= 0.3 is 0 Å². The summed E-state index contributed by atoms with van der Waals surface area (Å²) >= 11 is 0. The van der Waals surface area contributed by atoms with Crippen LogP contribution < -0.4 is 5.32 Å². The molecule has 1 N–H and O–H groups in total. The van der Waals surface area contributed by atoms with E-state index < -0.39 is 0 Å². The van der Waals surface area contributed by atoms with Gasteiger partial charge in [0.1, 0.15) is 0 Å². The molecule has 2 saturated heterocycles. The lowest BCUT2D eigenvalue weighted by Gasteiger charge is -2.25. The van der Waals surface area contributed by atoms with Gasteiger partial charge in [-0.25, -0.2) is 0 Å². The number of ether oxygens (including phenoxy) is 1. The lowest BCUT2D eigenvalue weighted by Crippen LogP contribution is -2.41. The topological polar surface area (TPSA) is 36.9 Å². The first-order valence-electron chi connectivity index (χ1n) is 7.68. The Morgan fingerprint density at radius 1 is 1.42 bits per heavy atom. The zero-order valence-corrected chi connectivity index (χ0v) is 12.7. The molecule has 2 aliphatic heterocycles. The fraction of sp³-hybridized carbons (Fsp3) is 0.933. The quantitative estimate of drug-likeness (QED) is 0.481. The van der Waals surface area contributed by atoms with Gasteiger partial charge in [-0.15, -0.1) is 0 Å². The maximum Gasteiger partial charge on any atom is 0.193 e. The standard InChI is InChI=1S/C15H29N3O/c1-13(2)5-4-8-17-14(16-3)18-9-6-15(11-18)7-10-19-12-15/h13H,4-12H2,1-3H3,(H,16,17). The van der Waals surface area contributed by atoms with Gasteiger partial charge in [-0.1, -0.05) is 13.8 Å². The summed E-state index contributed by atoms with van der Waals surface area (Å²) < 4.78 is 5.58. The highest BCUT2D eigenvalue weighted by atomic mass is 16.5. The Morgan fingerprint density at radius 2 is 2.26 bits per heavy atom. The molecule has 2 rings (SSSR count). The van der Waals surface area contributed by atoms with Gasteiger partial charge in [0, 0.05) is 38.7 Å². The highest BCUT2D eigenvalue weighted by molar-refractivity contribution is 5.80. The SMILES string of the molecule is CN=C(NCCCC(C)C)N1CCC2(CCOC2)C1. The Kier molecular flexibility index (Phi) is 5.08. The van der Waals surface area contributed by atoms with Crippen LogP contribution in [0.3, 0.4) is 0 Å².